The van der Waals surface area contributed by atoms with Crippen LogP contribution in [0.2, 0.25) is 5.28 Å². The molecular weight excluding hydrogens is 218 g/mol. The van der Waals surface area contributed by atoms with Crippen molar-refractivity contribution in [3.8, 4) is 0 Å². The molecule has 1 heterocycles. The van der Waals surface area contributed by atoms with Gasteiger partial charge in [0.25, 0.3) is 0 Å². The fourth-order valence-corrected chi connectivity index (χ4v) is 0.975. The molecule has 0 aliphatic carbocycles. The Hall–Kier alpha value is -1.14. The Morgan fingerprint density at radius 1 is 1.40 bits per heavy atom. The predicted octanol–water partition coefficient (Wildman–Crippen LogP) is 0.944. The van der Waals surface area contributed by atoms with E-state index in [9.17, 15) is 0 Å². The summed E-state index contributed by atoms with van der Waals surface area (Å²) in [5.41, 5.74) is 5.10. The third kappa shape index (κ3) is 3.85. The summed E-state index contributed by atoms with van der Waals surface area (Å²) in [6.07, 6.45) is 0. The monoisotopic (exact) mass is 231 g/mol. The van der Waals surface area contributed by atoms with Crippen LogP contribution in [0.15, 0.2) is 0 Å². The Morgan fingerprint density at radius 3 is 2.60 bits per heavy atom. The SMILES string of the molecule is COC(C)(C)CNc1nc(N)nc(Cl)n1. The number of hydrogen-bond acceptors (Lipinski definition) is 6. The van der Waals surface area contributed by atoms with Gasteiger partial charge in [0.1, 0.15) is 0 Å². The van der Waals surface area contributed by atoms with Crippen LogP contribution in [0.4, 0.5) is 11.9 Å². The predicted molar refractivity (Wildman–Crippen MR) is 58.8 cm³/mol. The number of aromatic nitrogens is 3. The van der Waals surface area contributed by atoms with Crippen molar-refractivity contribution in [1.82, 2.24) is 15.0 Å². The standard InChI is InChI=1S/C8H14ClN5O/c1-8(2,15-3)4-11-7-13-5(9)12-6(10)14-7/h4H2,1-3H3,(H3,10,11,12,13,14). The zero-order valence-corrected chi connectivity index (χ0v) is 9.67. The van der Waals surface area contributed by atoms with Crippen molar-refractivity contribution in [2.75, 3.05) is 24.7 Å². The lowest BCUT2D eigenvalue weighted by Gasteiger charge is -2.22. The Kier molecular flexibility index (Phi) is 3.65. The van der Waals surface area contributed by atoms with Crippen LogP contribution in [0, 0.1) is 0 Å². The van der Waals surface area contributed by atoms with Gasteiger partial charge in [0.15, 0.2) is 0 Å². The number of nitrogens with two attached hydrogens (primary N) is 1. The topological polar surface area (TPSA) is 86.0 Å². The van der Waals surface area contributed by atoms with Crippen molar-refractivity contribution in [2.24, 2.45) is 0 Å². The van der Waals surface area contributed by atoms with E-state index in [1.54, 1.807) is 7.11 Å². The van der Waals surface area contributed by atoms with Gasteiger partial charge in [-0.05, 0) is 25.4 Å². The second-order valence-electron chi connectivity index (χ2n) is 3.60. The highest BCUT2D eigenvalue weighted by atomic mass is 35.5. The van der Waals surface area contributed by atoms with Crippen molar-refractivity contribution in [3.63, 3.8) is 0 Å². The summed E-state index contributed by atoms with van der Waals surface area (Å²) in [6, 6.07) is 0. The molecule has 15 heavy (non-hydrogen) atoms. The van der Waals surface area contributed by atoms with Gasteiger partial charge < -0.3 is 15.8 Å². The Morgan fingerprint density at radius 2 is 2.07 bits per heavy atom. The summed E-state index contributed by atoms with van der Waals surface area (Å²) in [6.45, 7) is 4.42. The van der Waals surface area contributed by atoms with Gasteiger partial charge in [-0.3, -0.25) is 0 Å². The minimum absolute atomic E-state index is 0.0697. The number of anilines is 2. The summed E-state index contributed by atoms with van der Waals surface area (Å²) in [5, 5.41) is 3.04. The van der Waals surface area contributed by atoms with Crippen LogP contribution in [0.25, 0.3) is 0 Å². The molecule has 0 fully saturated rings. The zero-order chi connectivity index (χ0) is 11.5. The van der Waals surface area contributed by atoms with Crippen molar-refractivity contribution in [1.29, 1.82) is 0 Å². The lowest BCUT2D eigenvalue weighted by molar-refractivity contribution is 0.0342. The number of ether oxygens (including phenoxy) is 1. The maximum Gasteiger partial charge on any atom is 0.228 e. The molecule has 1 aromatic heterocycles. The number of hydrogen-bond donors (Lipinski definition) is 2. The van der Waals surface area contributed by atoms with E-state index in [4.69, 9.17) is 22.1 Å². The summed E-state index contributed by atoms with van der Waals surface area (Å²) >= 11 is 5.62. The minimum atomic E-state index is -0.312. The summed E-state index contributed by atoms with van der Waals surface area (Å²) in [5.74, 6) is 0.436. The summed E-state index contributed by atoms with van der Waals surface area (Å²) in [4.78, 5) is 11.4. The third-order valence-electron chi connectivity index (χ3n) is 1.85. The highest BCUT2D eigenvalue weighted by Gasteiger charge is 2.16. The van der Waals surface area contributed by atoms with E-state index >= 15 is 0 Å². The number of rotatable bonds is 4. The molecule has 0 aromatic carbocycles. The molecule has 0 radical (unpaired) electrons. The van der Waals surface area contributed by atoms with Crippen LogP contribution >= 0.6 is 11.6 Å². The average Bonchev–Trinajstić information content (AvgIpc) is 2.14. The maximum atomic E-state index is 5.62. The van der Waals surface area contributed by atoms with E-state index in [2.05, 4.69) is 20.3 Å². The molecule has 0 saturated carbocycles. The second-order valence-corrected chi connectivity index (χ2v) is 3.94. The molecule has 0 atom stereocenters. The van der Waals surface area contributed by atoms with Gasteiger partial charge >= 0.3 is 0 Å². The molecule has 0 aliphatic heterocycles. The molecular formula is C8H14ClN5O. The first kappa shape index (κ1) is 11.9. The second kappa shape index (κ2) is 4.59. The van der Waals surface area contributed by atoms with Crippen LogP contribution < -0.4 is 11.1 Å². The van der Waals surface area contributed by atoms with Gasteiger partial charge in [-0.2, -0.15) is 15.0 Å². The Bertz CT molecular complexity index is 324. The van der Waals surface area contributed by atoms with Gasteiger partial charge in [-0.1, -0.05) is 0 Å². The number of nitrogens with one attached hydrogen (secondary N) is 1. The van der Waals surface area contributed by atoms with Crippen LogP contribution in [-0.4, -0.2) is 34.2 Å². The van der Waals surface area contributed by atoms with Crippen molar-refractivity contribution in [2.45, 2.75) is 19.4 Å². The molecule has 0 amide bonds. The minimum Gasteiger partial charge on any atom is -0.377 e. The summed E-state index contributed by atoms with van der Waals surface area (Å²) in [7, 11) is 1.64. The first-order valence-electron chi connectivity index (χ1n) is 4.39. The van der Waals surface area contributed by atoms with Crippen molar-refractivity contribution >= 4 is 23.5 Å². The van der Waals surface area contributed by atoms with E-state index in [0.717, 1.165) is 0 Å². The molecule has 0 aliphatic rings. The zero-order valence-electron chi connectivity index (χ0n) is 8.91. The first-order chi connectivity index (χ1) is 6.93. The largest absolute Gasteiger partial charge is 0.377 e. The van der Waals surface area contributed by atoms with E-state index in [1.165, 1.54) is 0 Å². The van der Waals surface area contributed by atoms with Crippen molar-refractivity contribution < 1.29 is 4.74 Å². The maximum absolute atomic E-state index is 5.62. The molecule has 0 saturated heterocycles. The highest BCUT2D eigenvalue weighted by molar-refractivity contribution is 6.28. The molecule has 1 rings (SSSR count). The first-order valence-corrected chi connectivity index (χ1v) is 4.77. The quantitative estimate of drug-likeness (QED) is 0.802. The van der Waals surface area contributed by atoms with Crippen LogP contribution in [0.3, 0.4) is 0 Å². The normalized spacial score (nSPS) is 11.5. The molecule has 84 valence electrons. The Balaban J connectivity index is 2.65. The van der Waals surface area contributed by atoms with Crippen LogP contribution in [0.5, 0.6) is 0 Å². The lowest BCUT2D eigenvalue weighted by Crippen LogP contribution is -2.32. The molecule has 0 bridgehead atoms. The number of nitrogens with zero attached hydrogens (tertiary/aromatic N) is 3. The number of methoxy groups -OCH3 is 1. The number of nitrogen functional groups attached to an aromatic ring is 1. The molecule has 1 aromatic rings. The lowest BCUT2D eigenvalue weighted by atomic mass is 10.1. The van der Waals surface area contributed by atoms with E-state index < -0.39 is 0 Å². The van der Waals surface area contributed by atoms with Gasteiger partial charge in [0, 0.05) is 13.7 Å². The van der Waals surface area contributed by atoms with Crippen LogP contribution in [0.1, 0.15) is 13.8 Å². The van der Waals surface area contributed by atoms with E-state index in [1.807, 2.05) is 13.8 Å². The van der Waals surface area contributed by atoms with Gasteiger partial charge in [0.05, 0.1) is 5.60 Å². The molecule has 6 nitrogen and oxygen atoms in total. The Labute approximate surface area is 93.2 Å². The molecule has 7 heteroatoms. The van der Waals surface area contributed by atoms with Crippen LogP contribution in [-0.2, 0) is 4.74 Å². The highest BCUT2D eigenvalue weighted by Crippen LogP contribution is 2.10. The summed E-state index contributed by atoms with van der Waals surface area (Å²) < 4.78 is 5.22. The van der Waals surface area contributed by atoms with Gasteiger partial charge in [-0.15, -0.1) is 0 Å². The average molecular weight is 232 g/mol. The number of halogens is 1. The third-order valence-corrected chi connectivity index (χ3v) is 2.02. The van der Waals surface area contributed by atoms with Crippen molar-refractivity contribution in [3.05, 3.63) is 5.28 Å². The van der Waals surface area contributed by atoms with Gasteiger partial charge in [-0.25, -0.2) is 0 Å². The molecule has 0 spiro atoms. The van der Waals surface area contributed by atoms with E-state index in [0.29, 0.717) is 12.5 Å². The fraction of sp³-hybridized carbons (Fsp3) is 0.625. The van der Waals surface area contributed by atoms with Gasteiger partial charge in [0.2, 0.25) is 17.2 Å². The smallest absolute Gasteiger partial charge is 0.228 e. The van der Waals surface area contributed by atoms with E-state index in [-0.39, 0.29) is 16.8 Å². The molecule has 3 N–H and O–H groups in total. The molecule has 0 unspecified atom stereocenters. The fourth-order valence-electron chi connectivity index (χ4n) is 0.809.